The van der Waals surface area contributed by atoms with Gasteiger partial charge in [-0.1, -0.05) is 37.3 Å². The zero-order chi connectivity index (χ0) is 15.2. The number of benzene rings is 1. The molecule has 4 heteroatoms. The number of carbonyl (C=O) groups excluding carboxylic acids is 1. The minimum Gasteiger partial charge on any atom is -0.393 e. The highest BCUT2D eigenvalue weighted by atomic mass is 16.3. The zero-order valence-electron chi connectivity index (χ0n) is 13.0. The molecular weight excluding hydrogens is 264 g/mol. The Morgan fingerprint density at radius 1 is 1.29 bits per heavy atom. The van der Waals surface area contributed by atoms with E-state index < -0.39 is 0 Å². The fourth-order valence-corrected chi connectivity index (χ4v) is 2.74. The smallest absolute Gasteiger partial charge is 0.237 e. The molecule has 0 aromatic heterocycles. The highest BCUT2D eigenvalue weighted by Gasteiger charge is 2.25. The lowest BCUT2D eigenvalue weighted by Gasteiger charge is -2.33. The van der Waals surface area contributed by atoms with Crippen molar-refractivity contribution in [3.63, 3.8) is 0 Å². The second kappa shape index (κ2) is 7.57. The Kier molecular flexibility index (Phi) is 5.76. The third kappa shape index (κ3) is 4.55. The molecule has 0 aliphatic carbocycles. The predicted molar refractivity (Wildman–Crippen MR) is 84.1 cm³/mol. The number of nitrogens with one attached hydrogen (secondary N) is 1. The van der Waals surface area contributed by atoms with Crippen molar-refractivity contribution in [3.05, 3.63) is 35.9 Å². The number of rotatable bonds is 5. The third-order valence-electron chi connectivity index (χ3n) is 4.38. The van der Waals surface area contributed by atoms with Crippen molar-refractivity contribution in [2.24, 2.45) is 0 Å². The lowest BCUT2D eigenvalue weighted by atomic mass is 10.0. The molecule has 2 atom stereocenters. The van der Waals surface area contributed by atoms with Gasteiger partial charge in [-0.15, -0.1) is 0 Å². The fourth-order valence-electron chi connectivity index (χ4n) is 2.74. The topological polar surface area (TPSA) is 52.6 Å². The number of amides is 1. The number of piperidine rings is 1. The summed E-state index contributed by atoms with van der Waals surface area (Å²) in [5.41, 5.74) is 1.24. The van der Waals surface area contributed by atoms with Gasteiger partial charge >= 0.3 is 0 Å². The molecule has 1 aromatic carbocycles. The molecule has 0 spiro atoms. The van der Waals surface area contributed by atoms with Crippen molar-refractivity contribution in [2.75, 3.05) is 19.6 Å². The van der Waals surface area contributed by atoms with Gasteiger partial charge in [0.2, 0.25) is 5.91 Å². The first-order chi connectivity index (χ1) is 10.1. The van der Waals surface area contributed by atoms with Gasteiger partial charge in [0.05, 0.1) is 12.1 Å². The standard InChI is InChI=1S/C17H26N2O2/c1-13(15-6-4-3-5-7-15)12-18-17(21)14(2)19-10-8-16(20)9-11-19/h3-7,13-14,16,20H,8-12H2,1-2H3,(H,18,21). The van der Waals surface area contributed by atoms with Crippen LogP contribution in [0.4, 0.5) is 0 Å². The van der Waals surface area contributed by atoms with E-state index in [4.69, 9.17) is 0 Å². The molecular formula is C17H26N2O2. The number of carbonyl (C=O) groups is 1. The third-order valence-corrected chi connectivity index (χ3v) is 4.38. The minimum atomic E-state index is -0.199. The Morgan fingerprint density at radius 2 is 1.90 bits per heavy atom. The molecule has 116 valence electrons. The Balaban J connectivity index is 1.78. The van der Waals surface area contributed by atoms with Crippen LogP contribution in [0.25, 0.3) is 0 Å². The van der Waals surface area contributed by atoms with Crippen molar-refractivity contribution >= 4 is 5.91 Å². The van der Waals surface area contributed by atoms with Crippen LogP contribution in [-0.4, -0.2) is 47.7 Å². The van der Waals surface area contributed by atoms with Gasteiger partial charge in [-0.3, -0.25) is 9.69 Å². The van der Waals surface area contributed by atoms with Gasteiger partial charge in [0.1, 0.15) is 0 Å². The Bertz CT molecular complexity index is 441. The van der Waals surface area contributed by atoms with Gasteiger partial charge < -0.3 is 10.4 Å². The monoisotopic (exact) mass is 290 g/mol. The van der Waals surface area contributed by atoms with Crippen molar-refractivity contribution < 1.29 is 9.90 Å². The number of aliphatic hydroxyl groups excluding tert-OH is 1. The maximum atomic E-state index is 12.2. The summed E-state index contributed by atoms with van der Waals surface area (Å²) in [5.74, 6) is 0.389. The summed E-state index contributed by atoms with van der Waals surface area (Å²) in [5, 5.41) is 12.6. The van der Waals surface area contributed by atoms with Crippen molar-refractivity contribution in [1.82, 2.24) is 10.2 Å². The second-order valence-corrected chi connectivity index (χ2v) is 6.00. The summed E-state index contributed by atoms with van der Waals surface area (Å²) < 4.78 is 0. The first-order valence-corrected chi connectivity index (χ1v) is 7.82. The number of aliphatic hydroxyl groups is 1. The molecule has 4 nitrogen and oxygen atoms in total. The van der Waals surface area contributed by atoms with Crippen molar-refractivity contribution in [2.45, 2.75) is 44.8 Å². The molecule has 2 N–H and O–H groups in total. The van der Waals surface area contributed by atoms with Crippen molar-refractivity contribution in [3.8, 4) is 0 Å². The molecule has 0 radical (unpaired) electrons. The normalized spacial score (nSPS) is 20.0. The number of hydrogen-bond donors (Lipinski definition) is 2. The average molecular weight is 290 g/mol. The molecule has 1 aromatic rings. The van der Waals surface area contributed by atoms with Gasteiger partial charge in [-0.05, 0) is 31.2 Å². The maximum Gasteiger partial charge on any atom is 0.237 e. The van der Waals surface area contributed by atoms with E-state index in [-0.39, 0.29) is 18.1 Å². The summed E-state index contributed by atoms with van der Waals surface area (Å²) in [6, 6.07) is 10.1. The Hall–Kier alpha value is -1.39. The quantitative estimate of drug-likeness (QED) is 0.868. The van der Waals surface area contributed by atoms with Crippen LogP contribution in [-0.2, 0) is 4.79 Å². The van der Waals surface area contributed by atoms with Crippen LogP contribution in [0.1, 0.15) is 38.2 Å². The first kappa shape index (κ1) is 16.0. The SMILES string of the molecule is CC(CNC(=O)C(C)N1CCC(O)CC1)c1ccccc1. The lowest BCUT2D eigenvalue weighted by Crippen LogP contribution is -2.49. The first-order valence-electron chi connectivity index (χ1n) is 7.82. The van der Waals surface area contributed by atoms with Gasteiger partial charge in [0.15, 0.2) is 0 Å². The van der Waals surface area contributed by atoms with E-state index in [0.717, 1.165) is 25.9 Å². The molecule has 0 bridgehead atoms. The molecule has 0 saturated carbocycles. The van der Waals surface area contributed by atoms with Crippen LogP contribution < -0.4 is 5.32 Å². The molecule has 1 saturated heterocycles. The highest BCUT2D eigenvalue weighted by Crippen LogP contribution is 2.15. The van der Waals surface area contributed by atoms with Crippen LogP contribution in [0.3, 0.4) is 0 Å². The molecule has 1 heterocycles. The van der Waals surface area contributed by atoms with Gasteiger partial charge in [-0.25, -0.2) is 0 Å². The number of likely N-dealkylation sites (tertiary alicyclic amines) is 1. The van der Waals surface area contributed by atoms with Crippen LogP contribution >= 0.6 is 0 Å². The molecule has 1 fully saturated rings. The van der Waals surface area contributed by atoms with Crippen LogP contribution in [0, 0.1) is 0 Å². The highest BCUT2D eigenvalue weighted by molar-refractivity contribution is 5.81. The number of nitrogens with zero attached hydrogens (tertiary/aromatic N) is 1. The molecule has 21 heavy (non-hydrogen) atoms. The Morgan fingerprint density at radius 3 is 2.52 bits per heavy atom. The minimum absolute atomic E-state index is 0.0779. The Labute approximate surface area is 127 Å². The van der Waals surface area contributed by atoms with Gasteiger partial charge in [0, 0.05) is 19.6 Å². The van der Waals surface area contributed by atoms with Crippen LogP contribution in [0.5, 0.6) is 0 Å². The predicted octanol–water partition coefficient (Wildman–Crippen LogP) is 1.75. The summed E-state index contributed by atoms with van der Waals surface area (Å²) in [7, 11) is 0. The van der Waals surface area contributed by atoms with Gasteiger partial charge in [-0.2, -0.15) is 0 Å². The molecule has 1 aliphatic heterocycles. The summed E-state index contributed by atoms with van der Waals surface area (Å²) in [6.07, 6.45) is 1.32. The zero-order valence-corrected chi connectivity index (χ0v) is 13.0. The molecule has 2 rings (SSSR count). The largest absolute Gasteiger partial charge is 0.393 e. The van der Waals surface area contributed by atoms with E-state index in [1.54, 1.807) is 0 Å². The fraction of sp³-hybridized carbons (Fsp3) is 0.588. The second-order valence-electron chi connectivity index (χ2n) is 6.00. The lowest BCUT2D eigenvalue weighted by molar-refractivity contribution is -0.126. The van der Waals surface area contributed by atoms with Crippen LogP contribution in [0.15, 0.2) is 30.3 Å². The van der Waals surface area contributed by atoms with E-state index in [1.807, 2.05) is 25.1 Å². The molecule has 2 unspecified atom stereocenters. The van der Waals surface area contributed by atoms with E-state index >= 15 is 0 Å². The van der Waals surface area contributed by atoms with Crippen molar-refractivity contribution in [1.29, 1.82) is 0 Å². The summed E-state index contributed by atoms with van der Waals surface area (Å²) in [4.78, 5) is 14.4. The van der Waals surface area contributed by atoms with E-state index in [1.165, 1.54) is 5.56 Å². The summed E-state index contributed by atoms with van der Waals surface area (Å²) in [6.45, 7) is 6.31. The van der Waals surface area contributed by atoms with Gasteiger partial charge in [0.25, 0.3) is 0 Å². The van der Waals surface area contributed by atoms with E-state index in [0.29, 0.717) is 12.5 Å². The van der Waals surface area contributed by atoms with E-state index in [2.05, 4.69) is 29.3 Å². The molecule has 1 aliphatic rings. The number of hydrogen-bond acceptors (Lipinski definition) is 3. The summed E-state index contributed by atoms with van der Waals surface area (Å²) >= 11 is 0. The maximum absolute atomic E-state index is 12.2. The molecule has 1 amide bonds. The van der Waals surface area contributed by atoms with E-state index in [9.17, 15) is 9.90 Å². The van der Waals surface area contributed by atoms with Crippen LogP contribution in [0.2, 0.25) is 0 Å². The average Bonchev–Trinajstić information content (AvgIpc) is 2.53.